The summed E-state index contributed by atoms with van der Waals surface area (Å²) in [5.41, 5.74) is 6.79. The van der Waals surface area contributed by atoms with E-state index < -0.39 is 4.92 Å². The zero-order valence-electron chi connectivity index (χ0n) is 10.7. The molecule has 2 aromatic rings. The Morgan fingerprint density at radius 3 is 2.90 bits per heavy atom. The number of nitrogens with two attached hydrogens (primary N) is 1. The second kappa shape index (κ2) is 4.41. The number of hydrogen-bond acceptors (Lipinski definition) is 6. The second-order valence-corrected chi connectivity index (χ2v) is 4.42. The number of aromatic nitrogens is 2. The molecule has 0 aliphatic carbocycles. The third-order valence-electron chi connectivity index (χ3n) is 3.09. The van der Waals surface area contributed by atoms with Crippen molar-refractivity contribution >= 4 is 11.5 Å². The molecule has 0 unspecified atom stereocenters. The zero-order chi connectivity index (χ0) is 14.3. The van der Waals surface area contributed by atoms with Gasteiger partial charge in [-0.25, -0.2) is 4.68 Å². The summed E-state index contributed by atoms with van der Waals surface area (Å²) in [6, 6.07) is 5.44. The van der Waals surface area contributed by atoms with Crippen LogP contribution in [0, 0.1) is 17.0 Å². The molecule has 1 aromatic carbocycles. The van der Waals surface area contributed by atoms with E-state index in [9.17, 15) is 10.1 Å². The molecule has 1 aliphatic rings. The molecule has 0 radical (unpaired) electrons. The van der Waals surface area contributed by atoms with Crippen LogP contribution in [-0.4, -0.2) is 21.5 Å². The van der Waals surface area contributed by atoms with E-state index >= 15 is 0 Å². The Bertz CT molecular complexity index is 695. The van der Waals surface area contributed by atoms with Crippen LogP contribution >= 0.6 is 0 Å². The van der Waals surface area contributed by atoms with Crippen LogP contribution < -0.4 is 15.2 Å². The first-order chi connectivity index (χ1) is 9.56. The molecule has 0 atom stereocenters. The van der Waals surface area contributed by atoms with Gasteiger partial charge in [0.2, 0.25) is 12.6 Å². The van der Waals surface area contributed by atoms with Gasteiger partial charge < -0.3 is 15.2 Å². The first-order valence-corrected chi connectivity index (χ1v) is 5.92. The Kier molecular flexibility index (Phi) is 2.70. The number of fused-ring (bicyclic) bond motifs is 1. The van der Waals surface area contributed by atoms with E-state index in [-0.39, 0.29) is 18.3 Å². The van der Waals surface area contributed by atoms with E-state index in [0.717, 1.165) is 5.56 Å². The largest absolute Gasteiger partial charge is 0.454 e. The quantitative estimate of drug-likeness (QED) is 0.672. The fourth-order valence-electron chi connectivity index (χ4n) is 2.15. The van der Waals surface area contributed by atoms with E-state index in [1.807, 2.05) is 12.1 Å². The van der Waals surface area contributed by atoms with Crippen molar-refractivity contribution in [3.8, 4) is 11.5 Å². The van der Waals surface area contributed by atoms with Crippen molar-refractivity contribution < 1.29 is 14.4 Å². The molecule has 0 saturated carbocycles. The second-order valence-electron chi connectivity index (χ2n) is 4.42. The number of benzene rings is 1. The topological polar surface area (TPSA) is 105 Å². The molecule has 3 rings (SSSR count). The van der Waals surface area contributed by atoms with Gasteiger partial charge in [-0.3, -0.25) is 10.1 Å². The smallest absolute Gasteiger partial charge is 0.333 e. The van der Waals surface area contributed by atoms with Crippen molar-refractivity contribution in [2.45, 2.75) is 13.5 Å². The third kappa shape index (κ3) is 1.91. The van der Waals surface area contributed by atoms with Gasteiger partial charge in [-0.2, -0.15) is 5.10 Å². The minimum Gasteiger partial charge on any atom is -0.454 e. The highest BCUT2D eigenvalue weighted by atomic mass is 16.7. The van der Waals surface area contributed by atoms with E-state index in [2.05, 4.69) is 5.10 Å². The summed E-state index contributed by atoms with van der Waals surface area (Å²) < 4.78 is 11.9. The molecular weight excluding hydrogens is 264 g/mol. The van der Waals surface area contributed by atoms with Crippen molar-refractivity contribution in [2.24, 2.45) is 0 Å². The Hall–Kier alpha value is -2.77. The highest BCUT2D eigenvalue weighted by Gasteiger charge is 2.23. The molecule has 0 amide bonds. The number of anilines is 1. The van der Waals surface area contributed by atoms with Gasteiger partial charge in [-0.05, 0) is 24.6 Å². The summed E-state index contributed by atoms with van der Waals surface area (Å²) >= 11 is 0. The van der Waals surface area contributed by atoms with Crippen LogP contribution in [0.15, 0.2) is 18.2 Å². The minimum atomic E-state index is -0.520. The normalized spacial score (nSPS) is 12.7. The van der Waals surface area contributed by atoms with E-state index in [1.165, 1.54) is 4.68 Å². The maximum atomic E-state index is 10.9. The van der Waals surface area contributed by atoms with Crippen LogP contribution in [0.4, 0.5) is 11.5 Å². The summed E-state index contributed by atoms with van der Waals surface area (Å²) in [5.74, 6) is 1.38. The Morgan fingerprint density at radius 2 is 2.20 bits per heavy atom. The maximum Gasteiger partial charge on any atom is 0.333 e. The summed E-state index contributed by atoms with van der Waals surface area (Å²) in [6.45, 7) is 2.09. The molecule has 0 fully saturated rings. The Morgan fingerprint density at radius 1 is 1.45 bits per heavy atom. The van der Waals surface area contributed by atoms with Gasteiger partial charge in [0.25, 0.3) is 0 Å². The monoisotopic (exact) mass is 276 g/mol. The van der Waals surface area contributed by atoms with Crippen molar-refractivity contribution in [1.82, 2.24) is 9.78 Å². The Labute approximate surface area is 113 Å². The molecule has 0 bridgehead atoms. The van der Waals surface area contributed by atoms with Crippen LogP contribution in [0.3, 0.4) is 0 Å². The molecule has 0 spiro atoms. The average Bonchev–Trinajstić information content (AvgIpc) is 2.94. The summed E-state index contributed by atoms with van der Waals surface area (Å²) in [6.07, 6.45) is 0. The molecule has 0 saturated heterocycles. The van der Waals surface area contributed by atoms with Crippen molar-refractivity contribution in [2.75, 3.05) is 12.5 Å². The molecular formula is C12H12N4O4. The Balaban J connectivity index is 1.92. The van der Waals surface area contributed by atoms with Gasteiger partial charge in [0.1, 0.15) is 5.69 Å². The number of nitrogens with zero attached hydrogens (tertiary/aromatic N) is 3. The fourth-order valence-corrected chi connectivity index (χ4v) is 2.15. The van der Waals surface area contributed by atoms with Gasteiger partial charge in [0.05, 0.1) is 11.5 Å². The average molecular weight is 276 g/mol. The van der Waals surface area contributed by atoms with Gasteiger partial charge in [0, 0.05) is 0 Å². The molecule has 8 heteroatoms. The number of hydrogen-bond donors (Lipinski definition) is 1. The molecule has 1 aliphatic heterocycles. The zero-order valence-corrected chi connectivity index (χ0v) is 10.7. The van der Waals surface area contributed by atoms with Gasteiger partial charge >= 0.3 is 5.69 Å². The van der Waals surface area contributed by atoms with E-state index in [1.54, 1.807) is 13.0 Å². The predicted octanol–water partition coefficient (Wildman–Crippen LogP) is 1.46. The van der Waals surface area contributed by atoms with Crippen molar-refractivity contribution in [1.29, 1.82) is 0 Å². The van der Waals surface area contributed by atoms with Crippen molar-refractivity contribution in [3.63, 3.8) is 0 Å². The minimum absolute atomic E-state index is 0.0465. The van der Waals surface area contributed by atoms with E-state index in [4.69, 9.17) is 15.2 Å². The first kappa shape index (κ1) is 12.3. The van der Waals surface area contributed by atoms with E-state index in [0.29, 0.717) is 23.7 Å². The lowest BCUT2D eigenvalue weighted by Gasteiger charge is -2.04. The number of nitro groups is 1. The molecule has 104 valence electrons. The number of aryl methyl sites for hydroxylation is 1. The molecule has 2 N–H and O–H groups in total. The summed E-state index contributed by atoms with van der Waals surface area (Å²) in [7, 11) is 0. The first-order valence-electron chi connectivity index (χ1n) is 5.92. The van der Waals surface area contributed by atoms with Crippen LogP contribution in [0.1, 0.15) is 11.3 Å². The standard InChI is InChI=1S/C12H12N4O4/c1-7-11(16(17)18)12(13)15(14-7)5-8-2-3-9-10(4-8)20-6-19-9/h2-4H,5-6,13H2,1H3. The summed E-state index contributed by atoms with van der Waals surface area (Å²) in [4.78, 5) is 10.4. The molecule has 20 heavy (non-hydrogen) atoms. The third-order valence-corrected chi connectivity index (χ3v) is 3.09. The lowest BCUT2D eigenvalue weighted by atomic mass is 10.2. The highest BCUT2D eigenvalue weighted by molar-refractivity contribution is 5.56. The lowest BCUT2D eigenvalue weighted by molar-refractivity contribution is -0.384. The van der Waals surface area contributed by atoms with Crippen LogP contribution in [-0.2, 0) is 6.54 Å². The number of nitrogen functional groups attached to an aromatic ring is 1. The van der Waals surface area contributed by atoms with Crippen LogP contribution in [0.25, 0.3) is 0 Å². The fraction of sp³-hybridized carbons (Fsp3) is 0.250. The van der Waals surface area contributed by atoms with Crippen LogP contribution in [0.5, 0.6) is 11.5 Å². The van der Waals surface area contributed by atoms with Crippen LogP contribution in [0.2, 0.25) is 0 Å². The SMILES string of the molecule is Cc1nn(Cc2ccc3c(c2)OCO3)c(N)c1[N+](=O)[O-]. The van der Waals surface area contributed by atoms with Gasteiger partial charge in [-0.1, -0.05) is 6.07 Å². The van der Waals surface area contributed by atoms with Crippen molar-refractivity contribution in [3.05, 3.63) is 39.6 Å². The molecule has 2 heterocycles. The van der Waals surface area contributed by atoms with Gasteiger partial charge in [0.15, 0.2) is 11.5 Å². The highest BCUT2D eigenvalue weighted by Crippen LogP contribution is 2.33. The predicted molar refractivity (Wildman–Crippen MR) is 69.7 cm³/mol. The molecule has 8 nitrogen and oxygen atoms in total. The number of rotatable bonds is 3. The maximum absolute atomic E-state index is 10.9. The lowest BCUT2D eigenvalue weighted by Crippen LogP contribution is -2.06. The summed E-state index contributed by atoms with van der Waals surface area (Å²) in [5, 5.41) is 15.0. The van der Waals surface area contributed by atoms with Gasteiger partial charge in [-0.15, -0.1) is 0 Å². The molecule has 1 aromatic heterocycles. The number of ether oxygens (including phenoxy) is 2.